The van der Waals surface area contributed by atoms with Crippen molar-refractivity contribution in [3.8, 4) is 11.8 Å². The molecule has 0 amide bonds. The summed E-state index contributed by atoms with van der Waals surface area (Å²) in [5, 5.41) is 9.85. The maximum absolute atomic E-state index is 13.4. The predicted molar refractivity (Wildman–Crippen MR) is 105 cm³/mol. The Bertz CT molecular complexity index is 973. The zero-order valence-electron chi connectivity index (χ0n) is 15.7. The summed E-state index contributed by atoms with van der Waals surface area (Å²) in [5.74, 6) is 0.825. The van der Waals surface area contributed by atoms with E-state index in [0.717, 1.165) is 21.8 Å². The molecule has 0 N–H and O–H groups in total. The van der Waals surface area contributed by atoms with Crippen LogP contribution in [0.15, 0.2) is 65.2 Å². The van der Waals surface area contributed by atoms with Gasteiger partial charge in [0.1, 0.15) is 5.75 Å². The van der Waals surface area contributed by atoms with Crippen molar-refractivity contribution in [3.05, 3.63) is 71.4 Å². The van der Waals surface area contributed by atoms with Crippen LogP contribution in [0.5, 0.6) is 5.75 Å². The van der Waals surface area contributed by atoms with E-state index in [1.165, 1.54) is 0 Å². The summed E-state index contributed by atoms with van der Waals surface area (Å²) in [7, 11) is -1.39. The fourth-order valence-corrected chi connectivity index (χ4v) is 5.39. The minimum atomic E-state index is -1.39. The van der Waals surface area contributed by atoms with Crippen molar-refractivity contribution in [2.45, 2.75) is 37.1 Å². The summed E-state index contributed by atoms with van der Waals surface area (Å²) in [6.07, 6.45) is 1.79. The van der Waals surface area contributed by atoms with Crippen LogP contribution in [0.25, 0.3) is 0 Å². The van der Waals surface area contributed by atoms with Crippen LogP contribution in [0.2, 0.25) is 0 Å². The van der Waals surface area contributed by atoms with E-state index >= 15 is 0 Å². The van der Waals surface area contributed by atoms with Gasteiger partial charge in [0.05, 0.1) is 28.7 Å². The number of hydrogen-bond acceptors (Lipinski definition) is 3. The Labute approximate surface area is 162 Å². The summed E-state index contributed by atoms with van der Waals surface area (Å²) in [6, 6.07) is 18.0. The van der Waals surface area contributed by atoms with Gasteiger partial charge < -0.3 is 4.74 Å². The molecule has 5 heteroatoms. The lowest BCUT2D eigenvalue weighted by atomic mass is 9.69. The van der Waals surface area contributed by atoms with E-state index in [-0.39, 0.29) is 11.8 Å². The minimum Gasteiger partial charge on any atom is -0.493 e. The minimum absolute atomic E-state index is 0.0291. The van der Waals surface area contributed by atoms with Crippen LogP contribution in [0.3, 0.4) is 0 Å². The van der Waals surface area contributed by atoms with E-state index in [1.54, 1.807) is 6.20 Å². The molecule has 3 atom stereocenters. The number of nitrogens with zero attached hydrogens (tertiary/aromatic N) is 2. The van der Waals surface area contributed by atoms with Gasteiger partial charge in [-0.1, -0.05) is 35.9 Å². The third kappa shape index (κ3) is 2.85. The number of ether oxygens (including phenoxy) is 1. The number of aryl methyl sites for hydroxylation is 1. The van der Waals surface area contributed by atoms with Crippen molar-refractivity contribution in [3.63, 3.8) is 0 Å². The molecule has 2 aromatic carbocycles. The second-order valence-corrected chi connectivity index (χ2v) is 9.03. The van der Waals surface area contributed by atoms with Gasteiger partial charge in [-0.05, 0) is 39.0 Å². The molecule has 0 bridgehead atoms. The molecule has 4 nitrogen and oxygen atoms in total. The number of rotatable bonds is 2. The first-order valence-corrected chi connectivity index (χ1v) is 10.2. The van der Waals surface area contributed by atoms with E-state index in [9.17, 15) is 9.47 Å². The molecule has 138 valence electrons. The number of hydrogen-bond donors (Lipinski definition) is 0. The third-order valence-corrected chi connectivity index (χ3v) is 7.28. The normalized spacial score (nSPS) is 23.9. The van der Waals surface area contributed by atoms with Crippen LogP contribution in [-0.4, -0.2) is 20.7 Å². The second-order valence-electron chi connectivity index (χ2n) is 7.67. The van der Waals surface area contributed by atoms with Gasteiger partial charge in [-0.25, -0.2) is 4.21 Å². The number of para-hydroxylation sites is 1. The maximum Gasteiger partial charge on any atom is 0.152 e. The molecule has 2 aromatic rings. The van der Waals surface area contributed by atoms with Gasteiger partial charge in [0, 0.05) is 23.6 Å². The summed E-state index contributed by atoms with van der Waals surface area (Å²) in [4.78, 5) is 0.734. The molecule has 2 aliphatic rings. The van der Waals surface area contributed by atoms with E-state index in [2.05, 4.69) is 19.9 Å². The average molecular weight is 378 g/mol. The standard InChI is InChI=1S/C22H22N2O2S/c1-15-8-10-17(11-9-15)27(25)24-13-16(12-23)21-18-6-4-5-7-20(18)26-14-19(21)22(24,2)3/h4-11,13,19,21H,14H2,1-3H3/t19-,21+,27?/m0/s1. The lowest BCUT2D eigenvalue weighted by Gasteiger charge is -2.50. The van der Waals surface area contributed by atoms with Gasteiger partial charge in [0.2, 0.25) is 0 Å². The van der Waals surface area contributed by atoms with Crippen molar-refractivity contribution in [2.24, 2.45) is 5.92 Å². The first-order chi connectivity index (χ1) is 12.9. The number of nitriles is 1. The zero-order valence-corrected chi connectivity index (χ0v) is 16.5. The zero-order chi connectivity index (χ0) is 19.2. The topological polar surface area (TPSA) is 53.3 Å². The number of fused-ring (bicyclic) bond motifs is 3. The Morgan fingerprint density at radius 2 is 1.89 bits per heavy atom. The molecular formula is C22H22N2O2S. The summed E-state index contributed by atoms with van der Waals surface area (Å²) < 4.78 is 21.2. The smallest absolute Gasteiger partial charge is 0.152 e. The molecule has 2 heterocycles. The molecule has 0 saturated heterocycles. The average Bonchev–Trinajstić information content (AvgIpc) is 2.68. The lowest BCUT2D eigenvalue weighted by Crippen LogP contribution is -2.55. The Morgan fingerprint density at radius 1 is 1.19 bits per heavy atom. The van der Waals surface area contributed by atoms with Gasteiger partial charge in [0.15, 0.2) is 11.0 Å². The summed E-state index contributed by atoms with van der Waals surface area (Å²) in [5.41, 5.74) is 2.36. The highest BCUT2D eigenvalue weighted by Gasteiger charge is 2.50. The third-order valence-electron chi connectivity index (χ3n) is 5.67. The van der Waals surface area contributed by atoms with Crippen LogP contribution < -0.4 is 4.74 Å². The molecule has 1 unspecified atom stereocenters. The highest BCUT2D eigenvalue weighted by atomic mass is 32.2. The van der Waals surface area contributed by atoms with Gasteiger partial charge in [-0.3, -0.25) is 4.31 Å². The van der Waals surface area contributed by atoms with Gasteiger partial charge in [-0.15, -0.1) is 0 Å². The Hall–Kier alpha value is -2.58. The maximum atomic E-state index is 13.4. The van der Waals surface area contributed by atoms with Crippen LogP contribution in [0.1, 0.15) is 30.9 Å². The molecule has 0 spiro atoms. The molecule has 0 radical (unpaired) electrons. The Kier molecular flexibility index (Phi) is 4.32. The van der Waals surface area contributed by atoms with Crippen molar-refractivity contribution >= 4 is 11.0 Å². The first-order valence-electron chi connectivity index (χ1n) is 9.05. The molecule has 0 aliphatic carbocycles. The first kappa shape index (κ1) is 17.8. The van der Waals surface area contributed by atoms with Crippen molar-refractivity contribution in [1.82, 2.24) is 4.31 Å². The van der Waals surface area contributed by atoms with E-state index in [1.807, 2.05) is 59.8 Å². The quantitative estimate of drug-likeness (QED) is 0.782. The van der Waals surface area contributed by atoms with E-state index in [4.69, 9.17) is 4.74 Å². The van der Waals surface area contributed by atoms with Crippen LogP contribution in [0.4, 0.5) is 0 Å². The van der Waals surface area contributed by atoms with Crippen molar-refractivity contribution < 1.29 is 8.95 Å². The highest BCUT2D eigenvalue weighted by Crippen LogP contribution is 2.50. The molecule has 2 aliphatic heterocycles. The predicted octanol–water partition coefficient (Wildman–Crippen LogP) is 4.31. The van der Waals surface area contributed by atoms with Gasteiger partial charge in [0.25, 0.3) is 0 Å². The molecule has 0 fully saturated rings. The van der Waals surface area contributed by atoms with Gasteiger partial charge >= 0.3 is 0 Å². The molecule has 27 heavy (non-hydrogen) atoms. The summed E-state index contributed by atoms with van der Waals surface area (Å²) >= 11 is 0. The molecule has 0 aromatic heterocycles. The number of allylic oxidation sites excluding steroid dienone is 1. The van der Waals surface area contributed by atoms with Crippen LogP contribution in [0, 0.1) is 24.2 Å². The van der Waals surface area contributed by atoms with Crippen molar-refractivity contribution in [2.75, 3.05) is 6.61 Å². The molecule has 4 rings (SSSR count). The number of benzene rings is 2. The highest BCUT2D eigenvalue weighted by molar-refractivity contribution is 7.82. The van der Waals surface area contributed by atoms with Crippen LogP contribution in [-0.2, 0) is 11.0 Å². The van der Waals surface area contributed by atoms with Crippen molar-refractivity contribution in [1.29, 1.82) is 5.26 Å². The summed E-state index contributed by atoms with van der Waals surface area (Å²) in [6.45, 7) is 6.67. The monoisotopic (exact) mass is 378 g/mol. The van der Waals surface area contributed by atoms with E-state index < -0.39 is 16.5 Å². The fourth-order valence-electron chi connectivity index (χ4n) is 4.02. The molecule has 0 saturated carbocycles. The van der Waals surface area contributed by atoms with E-state index in [0.29, 0.717) is 12.2 Å². The Balaban J connectivity index is 1.81. The lowest BCUT2D eigenvalue weighted by molar-refractivity contribution is 0.0842. The molecular weight excluding hydrogens is 356 g/mol. The van der Waals surface area contributed by atoms with Gasteiger partial charge in [-0.2, -0.15) is 5.26 Å². The van der Waals surface area contributed by atoms with Crippen LogP contribution >= 0.6 is 0 Å². The second kappa shape index (κ2) is 6.54. The largest absolute Gasteiger partial charge is 0.493 e. The Morgan fingerprint density at radius 3 is 2.59 bits per heavy atom. The fraction of sp³-hybridized carbons (Fsp3) is 0.318. The SMILES string of the molecule is Cc1ccc(S(=O)N2C=C(C#N)[C@@H]3c4ccccc4OC[C@@H]3C2(C)C)cc1.